The maximum Gasteiger partial charge on any atom is 0.262 e. The Labute approximate surface area is 139 Å². The summed E-state index contributed by atoms with van der Waals surface area (Å²) in [6.45, 7) is -0.152. The van der Waals surface area contributed by atoms with Gasteiger partial charge in [0.25, 0.3) is 5.56 Å². The maximum absolute atomic E-state index is 12.2. The van der Waals surface area contributed by atoms with Gasteiger partial charge in [0.05, 0.1) is 27.4 Å². The second-order valence-electron chi connectivity index (χ2n) is 4.47. The van der Waals surface area contributed by atoms with Crippen molar-refractivity contribution in [1.82, 2.24) is 9.55 Å². The molecule has 2 heterocycles. The highest BCUT2D eigenvalue weighted by atomic mass is 35.5. The number of nitrogens with one attached hydrogen (secondary N) is 1. The molecule has 0 saturated heterocycles. The van der Waals surface area contributed by atoms with E-state index in [2.05, 4.69) is 10.3 Å². The van der Waals surface area contributed by atoms with Crippen molar-refractivity contribution in [3.63, 3.8) is 0 Å². The molecule has 112 valence electrons. The van der Waals surface area contributed by atoms with Gasteiger partial charge >= 0.3 is 0 Å². The predicted octanol–water partition coefficient (Wildman–Crippen LogP) is 3.40. The van der Waals surface area contributed by atoms with Gasteiger partial charge in [-0.25, -0.2) is 4.98 Å². The molecule has 3 rings (SSSR count). The molecule has 0 aliphatic heterocycles. The first-order valence-corrected chi connectivity index (χ1v) is 7.86. The monoisotopic (exact) mass is 353 g/mol. The van der Waals surface area contributed by atoms with Crippen LogP contribution in [0.15, 0.2) is 40.8 Å². The molecule has 3 aromatic rings. The van der Waals surface area contributed by atoms with E-state index in [0.717, 1.165) is 0 Å². The van der Waals surface area contributed by atoms with Gasteiger partial charge in [-0.05, 0) is 23.6 Å². The molecule has 0 unspecified atom stereocenters. The second kappa shape index (κ2) is 6.08. The molecule has 0 aliphatic rings. The summed E-state index contributed by atoms with van der Waals surface area (Å²) >= 11 is 13.3. The standard InChI is InChI=1S/C14H9Cl2N3O2S/c15-9-2-1-3-10(12(9)16)18-11(20)6-19-7-17-13-8(14(19)21)4-5-22-13/h1-5,7H,6H2,(H,18,20). The molecular weight excluding hydrogens is 345 g/mol. The van der Waals surface area contributed by atoms with Gasteiger partial charge in [0.15, 0.2) is 0 Å². The predicted molar refractivity (Wildman–Crippen MR) is 89.0 cm³/mol. The minimum absolute atomic E-state index is 0.152. The molecule has 1 aromatic carbocycles. The van der Waals surface area contributed by atoms with Crippen molar-refractivity contribution >= 4 is 56.3 Å². The van der Waals surface area contributed by atoms with Crippen LogP contribution >= 0.6 is 34.5 Å². The van der Waals surface area contributed by atoms with Crippen molar-refractivity contribution in [2.75, 3.05) is 5.32 Å². The van der Waals surface area contributed by atoms with Crippen LogP contribution in [0.3, 0.4) is 0 Å². The molecule has 0 saturated carbocycles. The number of halogens is 2. The molecular formula is C14H9Cl2N3O2S. The summed E-state index contributed by atoms with van der Waals surface area (Å²) in [4.78, 5) is 29.1. The van der Waals surface area contributed by atoms with Crippen LogP contribution in [-0.2, 0) is 11.3 Å². The Bertz CT molecular complexity index is 920. The van der Waals surface area contributed by atoms with Crippen molar-refractivity contribution < 1.29 is 4.79 Å². The number of aromatic nitrogens is 2. The van der Waals surface area contributed by atoms with E-state index in [1.807, 2.05) is 0 Å². The van der Waals surface area contributed by atoms with Crippen LogP contribution in [-0.4, -0.2) is 15.5 Å². The molecule has 22 heavy (non-hydrogen) atoms. The number of anilines is 1. The highest BCUT2D eigenvalue weighted by Crippen LogP contribution is 2.29. The van der Waals surface area contributed by atoms with Gasteiger partial charge in [-0.1, -0.05) is 29.3 Å². The summed E-state index contributed by atoms with van der Waals surface area (Å²) < 4.78 is 1.25. The largest absolute Gasteiger partial charge is 0.323 e. The second-order valence-corrected chi connectivity index (χ2v) is 6.15. The van der Waals surface area contributed by atoms with Crippen LogP contribution in [0.2, 0.25) is 10.0 Å². The van der Waals surface area contributed by atoms with Gasteiger partial charge in [-0.15, -0.1) is 11.3 Å². The molecule has 0 radical (unpaired) electrons. The molecule has 2 aromatic heterocycles. The summed E-state index contributed by atoms with van der Waals surface area (Å²) in [5, 5.41) is 5.52. The Hall–Kier alpha value is -1.89. The van der Waals surface area contributed by atoms with Crippen LogP contribution in [0.4, 0.5) is 5.69 Å². The molecule has 0 atom stereocenters. The number of amides is 1. The van der Waals surface area contributed by atoms with Gasteiger partial charge in [-0.2, -0.15) is 0 Å². The van der Waals surface area contributed by atoms with E-state index in [-0.39, 0.29) is 23.0 Å². The fraction of sp³-hybridized carbons (Fsp3) is 0.0714. The number of benzene rings is 1. The minimum atomic E-state index is -0.386. The quantitative estimate of drug-likeness (QED) is 0.784. The Morgan fingerprint density at radius 3 is 2.95 bits per heavy atom. The fourth-order valence-corrected chi connectivity index (χ4v) is 3.02. The van der Waals surface area contributed by atoms with Crippen molar-refractivity contribution in [1.29, 1.82) is 0 Å². The van der Waals surface area contributed by atoms with Gasteiger partial charge in [-0.3, -0.25) is 14.2 Å². The van der Waals surface area contributed by atoms with Crippen LogP contribution in [0.1, 0.15) is 0 Å². The number of nitrogens with zero attached hydrogens (tertiary/aromatic N) is 2. The van der Waals surface area contributed by atoms with Crippen LogP contribution < -0.4 is 10.9 Å². The van der Waals surface area contributed by atoms with E-state index < -0.39 is 0 Å². The van der Waals surface area contributed by atoms with Crippen molar-refractivity contribution in [2.45, 2.75) is 6.54 Å². The van der Waals surface area contributed by atoms with E-state index in [1.165, 1.54) is 22.2 Å². The van der Waals surface area contributed by atoms with Crippen LogP contribution in [0, 0.1) is 0 Å². The van der Waals surface area contributed by atoms with Gasteiger partial charge in [0.2, 0.25) is 5.91 Å². The summed E-state index contributed by atoms with van der Waals surface area (Å²) in [5.41, 5.74) is 0.148. The Balaban J connectivity index is 1.83. The Morgan fingerprint density at radius 2 is 2.14 bits per heavy atom. The average molecular weight is 354 g/mol. The average Bonchev–Trinajstić information content (AvgIpc) is 2.96. The summed E-state index contributed by atoms with van der Waals surface area (Å²) in [7, 11) is 0. The number of hydrogen-bond acceptors (Lipinski definition) is 4. The number of carbonyl (C=O) groups is 1. The number of hydrogen-bond donors (Lipinski definition) is 1. The van der Waals surface area contributed by atoms with Gasteiger partial charge in [0.1, 0.15) is 11.4 Å². The number of carbonyl (C=O) groups excluding carboxylic acids is 1. The van der Waals surface area contributed by atoms with Gasteiger partial charge < -0.3 is 5.32 Å². The van der Waals surface area contributed by atoms with E-state index in [1.54, 1.807) is 29.6 Å². The molecule has 0 aliphatic carbocycles. The molecule has 0 bridgehead atoms. The first kappa shape index (κ1) is 15.0. The number of rotatable bonds is 3. The third-order valence-corrected chi connectivity index (χ3v) is 4.63. The normalized spacial score (nSPS) is 10.8. The highest BCUT2D eigenvalue weighted by Gasteiger charge is 2.11. The third kappa shape index (κ3) is 2.85. The third-order valence-electron chi connectivity index (χ3n) is 2.99. The van der Waals surface area contributed by atoms with Crippen molar-refractivity contribution in [2.24, 2.45) is 0 Å². The zero-order valence-corrected chi connectivity index (χ0v) is 13.4. The lowest BCUT2D eigenvalue weighted by Crippen LogP contribution is -2.27. The summed E-state index contributed by atoms with van der Waals surface area (Å²) in [6, 6.07) is 6.63. The smallest absolute Gasteiger partial charge is 0.262 e. The van der Waals surface area contributed by atoms with Crippen molar-refractivity contribution in [3.8, 4) is 0 Å². The Kier molecular flexibility index (Phi) is 4.15. The zero-order valence-electron chi connectivity index (χ0n) is 11.0. The van der Waals surface area contributed by atoms with E-state index in [4.69, 9.17) is 23.2 Å². The maximum atomic E-state index is 12.2. The lowest BCUT2D eigenvalue weighted by atomic mass is 10.3. The van der Waals surface area contributed by atoms with Gasteiger partial charge in [0, 0.05) is 0 Å². The number of thiophene rings is 1. The molecule has 1 N–H and O–H groups in total. The SMILES string of the molecule is O=C(Cn1cnc2sccc2c1=O)Nc1cccc(Cl)c1Cl. The lowest BCUT2D eigenvalue weighted by molar-refractivity contribution is -0.116. The van der Waals surface area contributed by atoms with Crippen molar-refractivity contribution in [3.05, 3.63) is 56.4 Å². The minimum Gasteiger partial charge on any atom is -0.323 e. The van der Waals surface area contributed by atoms with Crippen LogP contribution in [0.25, 0.3) is 10.2 Å². The first-order valence-electron chi connectivity index (χ1n) is 6.23. The highest BCUT2D eigenvalue weighted by molar-refractivity contribution is 7.16. The van der Waals surface area contributed by atoms with Crippen LogP contribution in [0.5, 0.6) is 0 Å². The number of fused-ring (bicyclic) bond motifs is 1. The molecule has 0 spiro atoms. The first-order chi connectivity index (χ1) is 10.6. The topological polar surface area (TPSA) is 64.0 Å². The molecule has 0 fully saturated rings. The van der Waals surface area contributed by atoms with E-state index >= 15 is 0 Å². The van der Waals surface area contributed by atoms with E-state index in [0.29, 0.717) is 20.9 Å². The molecule has 5 nitrogen and oxygen atoms in total. The summed E-state index contributed by atoms with van der Waals surface area (Å²) in [5.74, 6) is -0.386. The summed E-state index contributed by atoms with van der Waals surface area (Å²) in [6.07, 6.45) is 1.36. The van der Waals surface area contributed by atoms with E-state index in [9.17, 15) is 9.59 Å². The lowest BCUT2D eigenvalue weighted by Gasteiger charge is -2.09. The molecule has 8 heteroatoms. The Morgan fingerprint density at radius 1 is 1.32 bits per heavy atom. The molecule has 1 amide bonds. The fourth-order valence-electron chi connectivity index (χ4n) is 1.95. The zero-order chi connectivity index (χ0) is 15.7.